The van der Waals surface area contributed by atoms with Crippen LogP contribution >= 0.6 is 0 Å². The van der Waals surface area contributed by atoms with Gasteiger partial charge in [0, 0.05) is 110 Å². The molecule has 0 bridgehead atoms. The molecule has 2 saturated heterocycles. The van der Waals surface area contributed by atoms with E-state index in [1.165, 1.54) is 12.1 Å². The number of nitriles is 2. The van der Waals surface area contributed by atoms with Crippen molar-refractivity contribution in [2.75, 3.05) is 43.9 Å². The summed E-state index contributed by atoms with van der Waals surface area (Å²) in [6.45, 7) is 12.2. The van der Waals surface area contributed by atoms with Crippen LogP contribution in [0.5, 0.6) is 0 Å². The van der Waals surface area contributed by atoms with Crippen LogP contribution in [0, 0.1) is 22.7 Å². The van der Waals surface area contributed by atoms with Crippen LogP contribution in [0.25, 0.3) is 44.6 Å². The van der Waals surface area contributed by atoms with Crippen molar-refractivity contribution in [3.8, 4) is 34.7 Å². The van der Waals surface area contributed by atoms with Gasteiger partial charge in [0.15, 0.2) is 5.65 Å². The molecule has 0 aliphatic carbocycles. The molecule has 0 saturated carbocycles. The van der Waals surface area contributed by atoms with Gasteiger partial charge in [-0.2, -0.15) is 10.5 Å². The number of rotatable bonds is 11. The maximum atomic E-state index is 14.1. The Morgan fingerprint density at radius 3 is 1.99 bits per heavy atom. The number of aryl methyl sites for hydroxylation is 2. The summed E-state index contributed by atoms with van der Waals surface area (Å²) in [5, 5.41) is 27.8. The van der Waals surface area contributed by atoms with E-state index in [-0.39, 0.29) is 33.5 Å². The Hall–Kier alpha value is -7.05. The van der Waals surface area contributed by atoms with E-state index < -0.39 is 20.8 Å². The van der Waals surface area contributed by atoms with E-state index in [1.54, 1.807) is 53.7 Å². The highest BCUT2D eigenvalue weighted by Crippen LogP contribution is 2.39. The highest BCUT2D eigenvalue weighted by Gasteiger charge is 2.39. The van der Waals surface area contributed by atoms with Crippen molar-refractivity contribution in [2.45, 2.75) is 93.6 Å². The zero-order valence-corrected chi connectivity index (χ0v) is 46.2. The lowest BCUT2D eigenvalue weighted by Crippen LogP contribution is -2.56. The third-order valence-corrected chi connectivity index (χ3v) is 16.9. The average Bonchev–Trinajstić information content (AvgIpc) is 3.92. The van der Waals surface area contributed by atoms with E-state index in [4.69, 9.17) is 29.7 Å². The van der Waals surface area contributed by atoms with Crippen LogP contribution in [0.15, 0.2) is 84.3 Å². The number of likely N-dealkylation sites (N-methyl/N-ethyl adjacent to an activating group) is 1. The Labute approximate surface area is 419 Å². The molecule has 2 N–H and O–H groups in total. The molecule has 18 nitrogen and oxygen atoms in total. The number of pyridine rings is 2. The number of nitrogens with one attached hydrogen (secondary N) is 2. The number of fused-ring (bicyclic) bond motifs is 2. The van der Waals surface area contributed by atoms with Crippen LogP contribution in [0.4, 0.5) is 16.7 Å². The quantitative estimate of drug-likeness (QED) is 0.163. The predicted molar refractivity (Wildman–Crippen MR) is 280 cm³/mol. The molecule has 2 aliphatic rings. The van der Waals surface area contributed by atoms with Crippen molar-refractivity contribution in [1.82, 2.24) is 48.2 Å². The van der Waals surface area contributed by atoms with Gasteiger partial charge in [0.05, 0.1) is 16.3 Å². The number of aromatic nitrogens is 8. The van der Waals surface area contributed by atoms with Crippen molar-refractivity contribution in [2.24, 2.45) is 0 Å². The Balaban J connectivity index is 1.05. The van der Waals surface area contributed by atoms with Crippen molar-refractivity contribution >= 4 is 70.6 Å². The molecule has 0 radical (unpaired) electrons. The lowest BCUT2D eigenvalue weighted by Gasteiger charge is -2.44. The zero-order valence-electron chi connectivity index (χ0n) is 41.4. The van der Waals surface area contributed by atoms with Crippen LogP contribution in [0.3, 0.4) is 0 Å². The van der Waals surface area contributed by atoms with E-state index in [0.717, 1.165) is 54.8 Å². The summed E-state index contributed by atoms with van der Waals surface area (Å²) in [6, 6.07) is 19.3. The summed E-state index contributed by atoms with van der Waals surface area (Å²) in [4.78, 5) is 46.7. The number of hydrogen-bond acceptors (Lipinski definition) is 15. The fourth-order valence-electron chi connectivity index (χ4n) is 10.1. The topological polar surface area (TPSA) is 226 Å². The molecule has 2 aliphatic heterocycles. The van der Waals surface area contributed by atoms with Gasteiger partial charge in [-0.1, -0.05) is 32.0 Å². The molecule has 21 heteroatoms. The van der Waals surface area contributed by atoms with Gasteiger partial charge in [-0.3, -0.25) is 0 Å². The van der Waals surface area contributed by atoms with E-state index in [0.29, 0.717) is 95.6 Å². The minimum absolute atomic E-state index is 0.0903. The van der Waals surface area contributed by atoms with E-state index >= 15 is 0 Å². The molecular weight excluding hydrogens is 949 g/mol. The molecule has 1 aromatic carbocycles. The van der Waals surface area contributed by atoms with Crippen LogP contribution in [-0.4, -0.2) is 132 Å². The van der Waals surface area contributed by atoms with Crippen LogP contribution in [0.1, 0.15) is 82.4 Å². The number of nitrogens with zero attached hydrogens (tertiary/aromatic N) is 12. The van der Waals surface area contributed by atoms with Gasteiger partial charge in [0.1, 0.15) is 34.8 Å². The third-order valence-electron chi connectivity index (χ3n) is 13.2. The summed E-state index contributed by atoms with van der Waals surface area (Å²) in [5.74, 6) is 0.884. The molecule has 2 fully saturated rings. The molecule has 3 atom stereocenters. The molecule has 7 aromatic rings. The predicted octanol–water partition coefficient (Wildman–Crippen LogP) is 4.96. The minimum Gasteiger partial charge on any atom is -0.444 e. The highest BCUT2D eigenvalue weighted by atomic mass is 32.2. The van der Waals surface area contributed by atoms with E-state index in [1.807, 2.05) is 46.0 Å². The lowest BCUT2D eigenvalue weighted by atomic mass is 10.00. The molecule has 71 heavy (non-hydrogen) atoms. The Morgan fingerprint density at radius 1 is 0.817 bits per heavy atom. The Morgan fingerprint density at radius 2 is 1.39 bits per heavy atom. The number of anilines is 2. The van der Waals surface area contributed by atoms with Gasteiger partial charge in [-0.25, -0.2) is 47.1 Å². The molecule has 8 heterocycles. The molecule has 1 unspecified atom stereocenters. The van der Waals surface area contributed by atoms with Gasteiger partial charge in [-0.05, 0) is 107 Å². The summed E-state index contributed by atoms with van der Waals surface area (Å²) in [7, 11) is -0.596. The first-order valence-corrected chi connectivity index (χ1v) is 27.4. The summed E-state index contributed by atoms with van der Waals surface area (Å²) in [5.41, 5.74) is 5.17. The van der Waals surface area contributed by atoms with Gasteiger partial charge >= 0.3 is 6.09 Å². The monoisotopic (exact) mass is 1010 g/mol. The maximum Gasteiger partial charge on any atom is 0.410 e. The summed E-state index contributed by atoms with van der Waals surface area (Å²) >= 11 is 0. The number of likely N-dealkylation sites (tertiary alicyclic amines) is 2. The second-order valence-corrected chi connectivity index (χ2v) is 25.9. The van der Waals surface area contributed by atoms with Gasteiger partial charge < -0.3 is 29.7 Å². The normalized spacial score (nSPS) is 19.9. The minimum atomic E-state index is -4.10. The number of amides is 1. The largest absolute Gasteiger partial charge is 0.444 e. The average molecular weight is 1010 g/mol. The summed E-state index contributed by atoms with van der Waals surface area (Å²) in [6.07, 6.45) is 10.7. The lowest BCUT2D eigenvalue weighted by molar-refractivity contribution is 0.0191. The first-order valence-electron chi connectivity index (χ1n) is 23.9. The Kier molecular flexibility index (Phi) is 13.1. The molecular formula is C50H58N14O4SSi2. The number of ether oxygens (including phenoxy) is 1. The van der Waals surface area contributed by atoms with Crippen LogP contribution in [0.2, 0.25) is 0 Å². The number of hydrogen-bond donors (Lipinski definition) is 2. The fourth-order valence-corrected chi connectivity index (χ4v) is 13.6. The number of benzene rings is 1. The SMILES string of the molecule is CCc1cnc(N[C@]2([SiH3])CCCN(C(=O)OC(C)(C)C)C2)nc1-c1cn(C2CN(C)C[C@]([SiH3])(Nc3ncc(CC)c(-c4cn(S(=O)(=O)c5ccccc5)c5nc(C#N)ccc45)n3)C2)c2nc(C#N)ccc12. The van der Waals surface area contributed by atoms with E-state index in [9.17, 15) is 23.7 Å². The van der Waals surface area contributed by atoms with Crippen molar-refractivity contribution in [1.29, 1.82) is 10.5 Å². The third kappa shape index (κ3) is 9.87. The summed E-state index contributed by atoms with van der Waals surface area (Å²) < 4.78 is 37.3. The smallest absolute Gasteiger partial charge is 0.410 e. The molecule has 6 aromatic heterocycles. The molecule has 0 spiro atoms. The van der Waals surface area contributed by atoms with Gasteiger partial charge in [0.25, 0.3) is 10.0 Å². The maximum absolute atomic E-state index is 14.1. The first-order chi connectivity index (χ1) is 33.8. The Bertz CT molecular complexity index is 3400. The molecule has 366 valence electrons. The number of carbonyl (C=O) groups is 1. The fraction of sp³-hybridized carbons (Fsp3) is 0.380. The van der Waals surface area contributed by atoms with Gasteiger partial charge in [0.2, 0.25) is 11.9 Å². The van der Waals surface area contributed by atoms with Crippen molar-refractivity contribution in [3.05, 3.63) is 102 Å². The standard InChI is InChI=1S/C50H58N14O4SSi2/c1-7-31-24-53-45(59-49(70)19-12-20-62(30-49)47(65)68-48(3,4)5)57-41(31)39-27-63(43-37(39)17-15-33(22-51)55-43)35-21-50(71,29-61(6)26-35)60-46-54-25-32(8-2)42(58-46)40-28-64(44-38(40)18-16-34(23-52)56-44)69(66,67)36-13-10-9-11-14-36/h9-11,13-18,24-25,27-28,35H,7-8,12,19-21,26,29-30H2,1-6,70-71H3,(H,53,57,59)(H,54,58,60)/t35?,49-,50-/m0/s1. The second-order valence-electron chi connectivity index (χ2n) is 20.2. The van der Waals surface area contributed by atoms with Crippen LogP contribution < -0.4 is 10.6 Å². The number of piperidine rings is 2. The zero-order chi connectivity index (χ0) is 50.5. The second kappa shape index (κ2) is 18.9. The molecule has 1 amide bonds. The van der Waals surface area contributed by atoms with E-state index in [2.05, 4.69) is 51.3 Å². The van der Waals surface area contributed by atoms with Crippen molar-refractivity contribution in [3.63, 3.8) is 0 Å². The van der Waals surface area contributed by atoms with Crippen molar-refractivity contribution < 1.29 is 17.9 Å². The highest BCUT2D eigenvalue weighted by molar-refractivity contribution is 7.90. The number of carbonyl (C=O) groups excluding carboxylic acids is 1. The van der Waals surface area contributed by atoms with Crippen LogP contribution in [-0.2, 0) is 27.6 Å². The van der Waals surface area contributed by atoms with Gasteiger partial charge in [-0.15, -0.1) is 0 Å². The molecule has 9 rings (SSSR count). The first kappa shape index (κ1) is 49.0.